The van der Waals surface area contributed by atoms with Crippen LogP contribution < -0.4 is 5.73 Å². The van der Waals surface area contributed by atoms with Crippen LogP contribution in [-0.2, 0) is 0 Å². The summed E-state index contributed by atoms with van der Waals surface area (Å²) >= 11 is 5.58. The monoisotopic (exact) mass is 275 g/mol. The molecule has 1 rings (SSSR count). The first-order valence-corrected chi connectivity index (χ1v) is 4.42. The van der Waals surface area contributed by atoms with E-state index >= 15 is 0 Å². The summed E-state index contributed by atoms with van der Waals surface area (Å²) in [6.07, 6.45) is -4.60. The largest absolute Gasteiger partial charge is 0.507 e. The molecule has 1 aromatic rings. The second kappa shape index (κ2) is 5.12. The van der Waals surface area contributed by atoms with Crippen LogP contribution in [0, 0.1) is 6.92 Å². The standard InChI is InChI=1S/C9H9ClF3NO.ClH/c1-4-2-5(10)3-6(7(4)15)8(14)9(11,12)13;/h2-3,8,15H,14H2,1H3;1H/t8-;/m1./s1. The lowest BCUT2D eigenvalue weighted by atomic mass is 10.0. The Morgan fingerprint density at radius 1 is 1.38 bits per heavy atom. The van der Waals surface area contributed by atoms with Crippen molar-refractivity contribution >= 4 is 24.0 Å². The van der Waals surface area contributed by atoms with Crippen molar-refractivity contribution in [3.8, 4) is 5.75 Å². The summed E-state index contributed by atoms with van der Waals surface area (Å²) < 4.78 is 36.9. The lowest BCUT2D eigenvalue weighted by Gasteiger charge is -2.18. The van der Waals surface area contributed by atoms with Crippen molar-refractivity contribution in [1.29, 1.82) is 0 Å². The van der Waals surface area contributed by atoms with Crippen LogP contribution >= 0.6 is 24.0 Å². The van der Waals surface area contributed by atoms with Gasteiger partial charge in [-0.25, -0.2) is 0 Å². The molecule has 0 radical (unpaired) electrons. The third-order valence-electron chi connectivity index (χ3n) is 1.98. The number of aryl methyl sites for hydroxylation is 1. The van der Waals surface area contributed by atoms with Gasteiger partial charge in [-0.15, -0.1) is 12.4 Å². The van der Waals surface area contributed by atoms with Crippen molar-refractivity contribution in [2.24, 2.45) is 5.73 Å². The van der Waals surface area contributed by atoms with Crippen LogP contribution in [0.25, 0.3) is 0 Å². The molecule has 0 fully saturated rings. The molecule has 92 valence electrons. The molecule has 0 bridgehead atoms. The molecule has 0 heterocycles. The number of alkyl halides is 3. The van der Waals surface area contributed by atoms with Crippen molar-refractivity contribution in [2.45, 2.75) is 19.1 Å². The van der Waals surface area contributed by atoms with Gasteiger partial charge in [-0.3, -0.25) is 0 Å². The molecule has 3 N–H and O–H groups in total. The fraction of sp³-hybridized carbons (Fsp3) is 0.333. The first-order valence-electron chi connectivity index (χ1n) is 4.04. The normalized spacial score (nSPS) is 13.1. The van der Waals surface area contributed by atoms with Crippen LogP contribution in [0.5, 0.6) is 5.75 Å². The topological polar surface area (TPSA) is 46.2 Å². The minimum absolute atomic E-state index is 0. The average Bonchev–Trinajstić information content (AvgIpc) is 2.08. The molecule has 0 amide bonds. The van der Waals surface area contributed by atoms with Crippen LogP contribution in [-0.4, -0.2) is 11.3 Å². The summed E-state index contributed by atoms with van der Waals surface area (Å²) in [6.45, 7) is 1.45. The van der Waals surface area contributed by atoms with Crippen LogP contribution in [0.4, 0.5) is 13.2 Å². The van der Waals surface area contributed by atoms with E-state index in [9.17, 15) is 18.3 Å². The zero-order valence-corrected chi connectivity index (χ0v) is 9.75. The highest BCUT2D eigenvalue weighted by Crippen LogP contribution is 2.37. The first-order chi connectivity index (χ1) is 6.73. The number of phenols is 1. The number of benzene rings is 1. The highest BCUT2D eigenvalue weighted by atomic mass is 35.5. The molecule has 0 aliphatic carbocycles. The van der Waals surface area contributed by atoms with Gasteiger partial charge in [0.2, 0.25) is 0 Å². The molecule has 0 aliphatic heterocycles. The van der Waals surface area contributed by atoms with Gasteiger partial charge < -0.3 is 10.8 Å². The molecule has 0 aromatic heterocycles. The van der Waals surface area contributed by atoms with Crippen molar-refractivity contribution < 1.29 is 18.3 Å². The molecule has 0 spiro atoms. The Hall–Kier alpha value is -0.650. The van der Waals surface area contributed by atoms with Gasteiger partial charge in [-0.2, -0.15) is 13.2 Å². The molecule has 0 saturated carbocycles. The van der Waals surface area contributed by atoms with E-state index in [0.717, 1.165) is 6.07 Å². The first kappa shape index (κ1) is 15.3. The molecule has 0 unspecified atom stereocenters. The third kappa shape index (κ3) is 3.17. The summed E-state index contributed by atoms with van der Waals surface area (Å²) in [5.41, 5.74) is 4.82. The summed E-state index contributed by atoms with van der Waals surface area (Å²) in [5, 5.41) is 9.53. The maximum Gasteiger partial charge on any atom is 0.407 e. The van der Waals surface area contributed by atoms with Crippen molar-refractivity contribution in [2.75, 3.05) is 0 Å². The second-order valence-electron chi connectivity index (χ2n) is 3.18. The van der Waals surface area contributed by atoms with Gasteiger partial charge in [0.05, 0.1) is 0 Å². The molecular formula is C9H10Cl2F3NO. The molecule has 0 saturated heterocycles. The van der Waals surface area contributed by atoms with E-state index in [1.807, 2.05) is 0 Å². The van der Waals surface area contributed by atoms with E-state index in [0.29, 0.717) is 0 Å². The zero-order valence-electron chi connectivity index (χ0n) is 8.18. The summed E-state index contributed by atoms with van der Waals surface area (Å²) in [6, 6.07) is 0.154. The Morgan fingerprint density at radius 2 is 1.88 bits per heavy atom. The minimum atomic E-state index is -4.60. The number of aromatic hydroxyl groups is 1. The number of phenolic OH excluding ortho intramolecular Hbond substituents is 1. The van der Waals surface area contributed by atoms with Crippen LogP contribution in [0.1, 0.15) is 17.2 Å². The summed E-state index contributed by atoms with van der Waals surface area (Å²) in [5.74, 6) is -0.468. The van der Waals surface area contributed by atoms with E-state index < -0.39 is 23.5 Å². The Morgan fingerprint density at radius 3 is 2.31 bits per heavy atom. The molecule has 1 aromatic carbocycles. The molecule has 7 heteroatoms. The van der Waals surface area contributed by atoms with Crippen molar-refractivity contribution in [3.05, 3.63) is 28.3 Å². The average molecular weight is 276 g/mol. The Balaban J connectivity index is 0.00000225. The van der Waals surface area contributed by atoms with E-state index in [1.165, 1.54) is 13.0 Å². The number of hydrogen-bond acceptors (Lipinski definition) is 2. The van der Waals surface area contributed by atoms with Crippen molar-refractivity contribution in [3.63, 3.8) is 0 Å². The van der Waals surface area contributed by atoms with Crippen LogP contribution in [0.3, 0.4) is 0 Å². The highest BCUT2D eigenvalue weighted by molar-refractivity contribution is 6.30. The molecule has 0 aliphatic rings. The third-order valence-corrected chi connectivity index (χ3v) is 2.20. The highest BCUT2D eigenvalue weighted by Gasteiger charge is 2.39. The quantitative estimate of drug-likeness (QED) is 0.826. The second-order valence-corrected chi connectivity index (χ2v) is 3.62. The molecule has 2 nitrogen and oxygen atoms in total. The van der Waals surface area contributed by atoms with Gasteiger partial charge in [0.1, 0.15) is 11.8 Å². The molecular weight excluding hydrogens is 266 g/mol. The van der Waals surface area contributed by atoms with Crippen molar-refractivity contribution in [1.82, 2.24) is 0 Å². The van der Waals surface area contributed by atoms with Crippen LogP contribution in [0.2, 0.25) is 5.02 Å². The Bertz CT molecular complexity index is 382. The Kier molecular flexibility index (Phi) is 4.91. The van der Waals surface area contributed by atoms with E-state index in [2.05, 4.69) is 0 Å². The van der Waals surface area contributed by atoms with E-state index in [-0.39, 0.29) is 23.0 Å². The minimum Gasteiger partial charge on any atom is -0.507 e. The Labute approximate surface area is 102 Å². The fourth-order valence-corrected chi connectivity index (χ4v) is 1.46. The van der Waals surface area contributed by atoms with E-state index in [1.54, 1.807) is 0 Å². The maximum atomic E-state index is 12.3. The smallest absolute Gasteiger partial charge is 0.407 e. The number of rotatable bonds is 1. The van der Waals surface area contributed by atoms with Gasteiger partial charge in [0.25, 0.3) is 0 Å². The van der Waals surface area contributed by atoms with Crippen LogP contribution in [0.15, 0.2) is 12.1 Å². The summed E-state index contributed by atoms with van der Waals surface area (Å²) in [7, 11) is 0. The summed E-state index contributed by atoms with van der Waals surface area (Å²) in [4.78, 5) is 0. The van der Waals surface area contributed by atoms with Gasteiger partial charge in [-0.1, -0.05) is 11.6 Å². The van der Waals surface area contributed by atoms with Gasteiger partial charge >= 0.3 is 6.18 Å². The number of hydrogen-bond donors (Lipinski definition) is 2. The number of halogens is 5. The number of nitrogens with two attached hydrogens (primary N) is 1. The van der Waals surface area contributed by atoms with Gasteiger partial charge in [0.15, 0.2) is 0 Å². The van der Waals surface area contributed by atoms with Gasteiger partial charge in [0, 0.05) is 10.6 Å². The van der Waals surface area contributed by atoms with E-state index in [4.69, 9.17) is 17.3 Å². The predicted molar refractivity (Wildman–Crippen MR) is 58.1 cm³/mol. The molecule has 16 heavy (non-hydrogen) atoms. The SMILES string of the molecule is Cc1cc(Cl)cc([C@@H](N)C(F)(F)F)c1O.Cl. The zero-order chi connectivity index (χ0) is 11.8. The predicted octanol–water partition coefficient (Wildman–Crippen LogP) is 3.34. The lowest BCUT2D eigenvalue weighted by Crippen LogP contribution is -2.28. The van der Waals surface area contributed by atoms with Gasteiger partial charge in [-0.05, 0) is 24.6 Å². The lowest BCUT2D eigenvalue weighted by molar-refractivity contribution is -0.149. The maximum absolute atomic E-state index is 12.3. The fourth-order valence-electron chi connectivity index (χ4n) is 1.17. The molecule has 1 atom stereocenters.